The summed E-state index contributed by atoms with van der Waals surface area (Å²) in [6, 6.07) is 24.5. The lowest BCUT2D eigenvalue weighted by atomic mass is 9.99. The molecule has 1 aliphatic heterocycles. The van der Waals surface area contributed by atoms with E-state index in [1.165, 1.54) is 10.4 Å². The van der Waals surface area contributed by atoms with E-state index in [1.54, 1.807) is 12.1 Å². The number of amides is 1. The van der Waals surface area contributed by atoms with Crippen molar-refractivity contribution >= 4 is 21.6 Å². The highest BCUT2D eigenvalue weighted by Crippen LogP contribution is 2.31. The van der Waals surface area contributed by atoms with Crippen LogP contribution in [0.2, 0.25) is 0 Å². The molecule has 184 valence electrons. The maximum atomic E-state index is 13.2. The summed E-state index contributed by atoms with van der Waals surface area (Å²) in [5.74, 6) is 0.0271. The molecule has 2 N–H and O–H groups in total. The van der Waals surface area contributed by atoms with Crippen LogP contribution in [0.3, 0.4) is 0 Å². The van der Waals surface area contributed by atoms with Crippen LogP contribution in [0.5, 0.6) is 5.75 Å². The fourth-order valence-corrected chi connectivity index (χ4v) is 5.92. The molecule has 0 bridgehead atoms. The molecule has 0 radical (unpaired) electrons. The quantitative estimate of drug-likeness (QED) is 0.442. The van der Waals surface area contributed by atoms with E-state index in [4.69, 9.17) is 4.74 Å². The van der Waals surface area contributed by atoms with Gasteiger partial charge in [-0.3, -0.25) is 10.1 Å². The van der Waals surface area contributed by atoms with E-state index in [0.29, 0.717) is 31.1 Å². The molecule has 1 amide bonds. The molecule has 4 rings (SSSR count). The number of sulfonamides is 1. The van der Waals surface area contributed by atoms with Crippen LogP contribution in [0.15, 0.2) is 83.8 Å². The predicted molar refractivity (Wildman–Crippen MR) is 137 cm³/mol. The Labute approximate surface area is 207 Å². The number of carbonyl (C=O) groups excluding carboxylic acids is 1. The molecular formula is C27H31N3O4S. The van der Waals surface area contributed by atoms with Crippen LogP contribution in [0, 0.1) is 0 Å². The Balaban J connectivity index is 1.50. The molecule has 1 aliphatic rings. The second kappa shape index (κ2) is 11.5. The normalized spacial score (nSPS) is 14.2. The van der Waals surface area contributed by atoms with Crippen molar-refractivity contribution in [1.82, 2.24) is 9.62 Å². The number of hydrogen-bond acceptors (Lipinski definition) is 5. The fourth-order valence-electron chi connectivity index (χ4n) is 4.25. The van der Waals surface area contributed by atoms with E-state index in [0.717, 1.165) is 24.0 Å². The first-order valence-corrected chi connectivity index (χ1v) is 13.3. The van der Waals surface area contributed by atoms with Crippen LogP contribution in [-0.2, 0) is 14.8 Å². The van der Waals surface area contributed by atoms with Gasteiger partial charge in [0, 0.05) is 18.8 Å². The van der Waals surface area contributed by atoms with Crippen molar-refractivity contribution in [3.05, 3.63) is 90.0 Å². The second-order valence-electron chi connectivity index (χ2n) is 8.39. The molecule has 1 heterocycles. The van der Waals surface area contributed by atoms with Gasteiger partial charge >= 0.3 is 0 Å². The smallest absolute Gasteiger partial charge is 0.246 e. The van der Waals surface area contributed by atoms with E-state index < -0.39 is 10.0 Å². The Morgan fingerprint density at radius 1 is 0.943 bits per heavy atom. The van der Waals surface area contributed by atoms with Crippen LogP contribution in [0.4, 0.5) is 5.69 Å². The molecule has 35 heavy (non-hydrogen) atoms. The van der Waals surface area contributed by atoms with Gasteiger partial charge < -0.3 is 10.1 Å². The number of carbonyl (C=O) groups is 1. The number of rotatable bonds is 10. The average Bonchev–Trinajstić information content (AvgIpc) is 3.43. The number of benzene rings is 3. The third-order valence-electron chi connectivity index (χ3n) is 5.94. The summed E-state index contributed by atoms with van der Waals surface area (Å²) in [6.07, 6.45) is 1.69. The number of hydrogen-bond donors (Lipinski definition) is 2. The van der Waals surface area contributed by atoms with Gasteiger partial charge in [-0.1, -0.05) is 60.7 Å². The molecule has 0 saturated carbocycles. The largest absolute Gasteiger partial charge is 0.492 e. The molecule has 8 heteroatoms. The minimum Gasteiger partial charge on any atom is -0.492 e. The zero-order chi connectivity index (χ0) is 24.7. The molecule has 1 saturated heterocycles. The first-order valence-electron chi connectivity index (χ1n) is 11.9. The Kier molecular flexibility index (Phi) is 8.17. The van der Waals surface area contributed by atoms with Gasteiger partial charge in [-0.25, -0.2) is 8.42 Å². The first kappa shape index (κ1) is 24.9. The van der Waals surface area contributed by atoms with Crippen molar-refractivity contribution in [3.8, 4) is 5.75 Å². The summed E-state index contributed by atoms with van der Waals surface area (Å²) in [6.45, 7) is 3.20. The third-order valence-corrected chi connectivity index (χ3v) is 7.86. The van der Waals surface area contributed by atoms with Gasteiger partial charge in [-0.05, 0) is 49.1 Å². The Morgan fingerprint density at radius 3 is 2.11 bits per heavy atom. The zero-order valence-corrected chi connectivity index (χ0v) is 20.6. The van der Waals surface area contributed by atoms with Crippen molar-refractivity contribution < 1.29 is 17.9 Å². The van der Waals surface area contributed by atoms with Crippen molar-refractivity contribution in [1.29, 1.82) is 0 Å². The number of nitrogens with one attached hydrogen (secondary N) is 2. The van der Waals surface area contributed by atoms with Gasteiger partial charge in [-0.15, -0.1) is 0 Å². The van der Waals surface area contributed by atoms with Gasteiger partial charge in [0.25, 0.3) is 0 Å². The van der Waals surface area contributed by atoms with Crippen LogP contribution in [0.1, 0.15) is 36.9 Å². The van der Waals surface area contributed by atoms with E-state index in [-0.39, 0.29) is 23.4 Å². The van der Waals surface area contributed by atoms with E-state index in [2.05, 4.69) is 10.6 Å². The maximum absolute atomic E-state index is 13.2. The summed E-state index contributed by atoms with van der Waals surface area (Å²) >= 11 is 0. The molecule has 3 aromatic carbocycles. The monoisotopic (exact) mass is 493 g/mol. The molecule has 0 aliphatic carbocycles. The minimum atomic E-state index is -3.71. The van der Waals surface area contributed by atoms with Crippen LogP contribution >= 0.6 is 0 Å². The third kappa shape index (κ3) is 6.08. The van der Waals surface area contributed by atoms with Crippen molar-refractivity contribution in [2.24, 2.45) is 0 Å². The molecule has 1 fully saturated rings. The zero-order valence-electron chi connectivity index (χ0n) is 19.8. The van der Waals surface area contributed by atoms with Crippen molar-refractivity contribution in [2.45, 2.75) is 30.7 Å². The van der Waals surface area contributed by atoms with Gasteiger partial charge in [0.1, 0.15) is 10.6 Å². The van der Waals surface area contributed by atoms with E-state index in [9.17, 15) is 13.2 Å². The predicted octanol–water partition coefficient (Wildman–Crippen LogP) is 4.19. The highest BCUT2D eigenvalue weighted by Gasteiger charge is 2.30. The Bertz CT molecular complexity index is 1190. The highest BCUT2D eigenvalue weighted by molar-refractivity contribution is 7.89. The number of ether oxygens (including phenoxy) is 1. The summed E-state index contributed by atoms with van der Waals surface area (Å²) in [4.78, 5) is 12.9. The van der Waals surface area contributed by atoms with E-state index >= 15 is 0 Å². The van der Waals surface area contributed by atoms with Gasteiger partial charge in [0.2, 0.25) is 15.9 Å². The lowest BCUT2D eigenvalue weighted by Crippen LogP contribution is -2.32. The Hall–Kier alpha value is -3.20. The van der Waals surface area contributed by atoms with E-state index in [1.807, 2.05) is 67.6 Å². The maximum Gasteiger partial charge on any atom is 0.246 e. The SMILES string of the molecule is CCOc1ccc(NC(=O)CNC(c2ccccc2)c2ccccc2)cc1S(=O)(=O)N1CCCC1. The minimum absolute atomic E-state index is 0.0515. The standard InChI is InChI=1S/C27H31N3O4S/c1-2-34-24-16-15-23(19-25(24)35(32,33)30-17-9-10-18-30)29-26(31)20-28-27(21-11-5-3-6-12-21)22-13-7-4-8-14-22/h3-8,11-16,19,27-28H,2,9-10,17-18,20H2,1H3,(H,29,31). The van der Waals surface area contributed by atoms with Gasteiger partial charge in [0.15, 0.2) is 0 Å². The molecular weight excluding hydrogens is 462 g/mol. The van der Waals surface area contributed by atoms with Crippen LogP contribution in [-0.4, -0.2) is 44.9 Å². The lowest BCUT2D eigenvalue weighted by Gasteiger charge is -2.20. The number of anilines is 1. The molecule has 0 spiro atoms. The highest BCUT2D eigenvalue weighted by atomic mass is 32.2. The topological polar surface area (TPSA) is 87.7 Å². The average molecular weight is 494 g/mol. The summed E-state index contributed by atoms with van der Waals surface area (Å²) in [5, 5.41) is 6.16. The first-order chi connectivity index (χ1) is 17.0. The number of nitrogens with zero attached hydrogens (tertiary/aromatic N) is 1. The second-order valence-corrected chi connectivity index (χ2v) is 10.3. The van der Waals surface area contributed by atoms with Crippen LogP contribution in [0.25, 0.3) is 0 Å². The van der Waals surface area contributed by atoms with Gasteiger partial charge in [-0.2, -0.15) is 4.31 Å². The molecule has 0 aromatic heterocycles. The van der Waals surface area contributed by atoms with Gasteiger partial charge in [0.05, 0.1) is 19.2 Å². The molecule has 3 aromatic rings. The Morgan fingerprint density at radius 2 is 1.54 bits per heavy atom. The molecule has 0 atom stereocenters. The lowest BCUT2D eigenvalue weighted by molar-refractivity contribution is -0.115. The molecule has 0 unspecified atom stereocenters. The summed E-state index contributed by atoms with van der Waals surface area (Å²) < 4.78 is 33.5. The fraction of sp³-hybridized carbons (Fsp3) is 0.296. The summed E-state index contributed by atoms with van der Waals surface area (Å²) in [5.41, 5.74) is 2.51. The summed E-state index contributed by atoms with van der Waals surface area (Å²) in [7, 11) is -3.71. The van der Waals surface area contributed by atoms with Crippen molar-refractivity contribution in [2.75, 3.05) is 31.6 Å². The van der Waals surface area contributed by atoms with Crippen molar-refractivity contribution in [3.63, 3.8) is 0 Å². The molecule has 7 nitrogen and oxygen atoms in total. The van der Waals surface area contributed by atoms with Crippen LogP contribution < -0.4 is 15.4 Å².